The molecule has 0 bridgehead atoms. The molecule has 0 aliphatic rings. The number of hydrogen-bond donors (Lipinski definition) is 1. The van der Waals surface area contributed by atoms with E-state index in [2.05, 4.69) is 0 Å². The Morgan fingerprint density at radius 1 is 1.54 bits per heavy atom. The lowest BCUT2D eigenvalue weighted by atomic mass is 10.2. The standard InChI is InChI=1S/C10H10N2S/c1-13-10-7-9(12)5-4-8(10)3-2-6-11/h2-5,7H,12H2,1H3. The van der Waals surface area contributed by atoms with Crippen LogP contribution in [0.1, 0.15) is 5.56 Å². The van der Waals surface area contributed by atoms with Crippen molar-refractivity contribution in [3.63, 3.8) is 0 Å². The molecule has 0 radical (unpaired) electrons. The summed E-state index contributed by atoms with van der Waals surface area (Å²) in [5.74, 6) is 0. The van der Waals surface area contributed by atoms with Crippen molar-refractivity contribution in [2.45, 2.75) is 4.90 Å². The Bertz CT molecular complexity index is 364. The number of allylic oxidation sites excluding steroid dienone is 1. The smallest absolute Gasteiger partial charge is 0.0912 e. The van der Waals surface area contributed by atoms with E-state index in [1.165, 1.54) is 6.08 Å². The molecule has 0 aliphatic heterocycles. The predicted molar refractivity (Wildman–Crippen MR) is 57.3 cm³/mol. The second kappa shape index (κ2) is 4.58. The molecule has 0 heterocycles. The first-order chi connectivity index (χ1) is 6.27. The van der Waals surface area contributed by atoms with E-state index in [0.29, 0.717) is 0 Å². The van der Waals surface area contributed by atoms with Gasteiger partial charge in [-0.3, -0.25) is 0 Å². The predicted octanol–water partition coefficient (Wildman–Crippen LogP) is 2.53. The van der Waals surface area contributed by atoms with Gasteiger partial charge in [0, 0.05) is 16.7 Å². The first-order valence-corrected chi connectivity index (χ1v) is 5.00. The van der Waals surface area contributed by atoms with Crippen LogP contribution in [0.5, 0.6) is 0 Å². The average molecular weight is 190 g/mol. The number of nitrogens with zero attached hydrogens (tertiary/aromatic N) is 1. The number of benzene rings is 1. The van der Waals surface area contributed by atoms with E-state index in [9.17, 15) is 0 Å². The van der Waals surface area contributed by atoms with Gasteiger partial charge in [0.2, 0.25) is 0 Å². The second-order valence-corrected chi connectivity index (χ2v) is 3.31. The number of rotatable bonds is 2. The van der Waals surface area contributed by atoms with Crippen LogP contribution in [0.4, 0.5) is 5.69 Å². The molecule has 0 fully saturated rings. The lowest BCUT2D eigenvalue weighted by molar-refractivity contribution is 1.43. The van der Waals surface area contributed by atoms with E-state index in [0.717, 1.165) is 16.1 Å². The number of anilines is 1. The lowest BCUT2D eigenvalue weighted by Crippen LogP contribution is -1.86. The molecular formula is C10H10N2S. The molecule has 0 aliphatic carbocycles. The first kappa shape index (κ1) is 9.69. The molecule has 1 aromatic carbocycles. The minimum atomic E-state index is 0.749. The molecule has 0 saturated carbocycles. The van der Waals surface area contributed by atoms with Gasteiger partial charge in [-0.25, -0.2) is 0 Å². The van der Waals surface area contributed by atoms with Crippen LogP contribution in [0.15, 0.2) is 29.2 Å². The maximum absolute atomic E-state index is 8.38. The molecule has 13 heavy (non-hydrogen) atoms. The van der Waals surface area contributed by atoms with E-state index in [-0.39, 0.29) is 0 Å². The van der Waals surface area contributed by atoms with Crippen LogP contribution < -0.4 is 5.73 Å². The second-order valence-electron chi connectivity index (χ2n) is 2.46. The van der Waals surface area contributed by atoms with Gasteiger partial charge >= 0.3 is 0 Å². The van der Waals surface area contributed by atoms with Crippen LogP contribution >= 0.6 is 11.8 Å². The molecular weight excluding hydrogens is 180 g/mol. The van der Waals surface area contributed by atoms with E-state index in [4.69, 9.17) is 11.0 Å². The lowest BCUT2D eigenvalue weighted by Gasteiger charge is -2.02. The maximum atomic E-state index is 8.38. The van der Waals surface area contributed by atoms with Crippen LogP contribution in [-0.2, 0) is 0 Å². The van der Waals surface area contributed by atoms with Crippen molar-refractivity contribution in [3.8, 4) is 6.07 Å². The van der Waals surface area contributed by atoms with Gasteiger partial charge < -0.3 is 5.73 Å². The molecule has 0 spiro atoms. The van der Waals surface area contributed by atoms with E-state index < -0.39 is 0 Å². The number of hydrogen-bond acceptors (Lipinski definition) is 3. The van der Waals surface area contributed by atoms with Gasteiger partial charge in [-0.15, -0.1) is 11.8 Å². The molecule has 1 rings (SSSR count). The summed E-state index contributed by atoms with van der Waals surface area (Å²) in [6, 6.07) is 7.61. The monoisotopic (exact) mass is 190 g/mol. The zero-order valence-corrected chi connectivity index (χ0v) is 8.14. The summed E-state index contributed by atoms with van der Waals surface area (Å²) in [4.78, 5) is 1.09. The highest BCUT2D eigenvalue weighted by molar-refractivity contribution is 7.98. The van der Waals surface area contributed by atoms with Crippen molar-refractivity contribution >= 4 is 23.5 Å². The average Bonchev–Trinajstić information content (AvgIpc) is 2.16. The largest absolute Gasteiger partial charge is 0.399 e. The number of nitriles is 1. The molecule has 2 nitrogen and oxygen atoms in total. The van der Waals surface area contributed by atoms with Crippen molar-refractivity contribution in [1.82, 2.24) is 0 Å². The number of thioether (sulfide) groups is 1. The van der Waals surface area contributed by atoms with Gasteiger partial charge in [-0.2, -0.15) is 5.26 Å². The highest BCUT2D eigenvalue weighted by Gasteiger charge is 1.97. The van der Waals surface area contributed by atoms with Crippen LogP contribution in [0.25, 0.3) is 6.08 Å². The Kier molecular flexibility index (Phi) is 3.41. The van der Waals surface area contributed by atoms with Gasteiger partial charge in [0.15, 0.2) is 0 Å². The summed E-state index contributed by atoms with van der Waals surface area (Å²) in [6.07, 6.45) is 5.23. The molecule has 3 heteroatoms. The van der Waals surface area contributed by atoms with Gasteiger partial charge in [0.05, 0.1) is 6.07 Å². The zero-order chi connectivity index (χ0) is 9.68. The Hall–Kier alpha value is -1.40. The molecule has 2 N–H and O–H groups in total. The molecule has 0 amide bonds. The third kappa shape index (κ3) is 2.53. The van der Waals surface area contributed by atoms with Crippen LogP contribution in [0.2, 0.25) is 0 Å². The van der Waals surface area contributed by atoms with Crippen molar-refractivity contribution in [2.24, 2.45) is 0 Å². The normalized spacial score (nSPS) is 10.2. The van der Waals surface area contributed by atoms with Crippen LogP contribution in [0.3, 0.4) is 0 Å². The maximum Gasteiger partial charge on any atom is 0.0912 e. The highest BCUT2D eigenvalue weighted by Crippen LogP contribution is 2.23. The molecule has 0 atom stereocenters. The van der Waals surface area contributed by atoms with Gasteiger partial charge in [0.1, 0.15) is 0 Å². The van der Waals surface area contributed by atoms with Gasteiger partial charge in [-0.05, 0) is 30.0 Å². The van der Waals surface area contributed by atoms with Gasteiger partial charge in [0.25, 0.3) is 0 Å². The third-order valence-electron chi connectivity index (χ3n) is 1.59. The summed E-state index contributed by atoms with van der Waals surface area (Å²) in [6.45, 7) is 0. The zero-order valence-electron chi connectivity index (χ0n) is 7.32. The molecule has 0 aromatic heterocycles. The van der Waals surface area contributed by atoms with Crippen molar-refractivity contribution in [1.29, 1.82) is 5.26 Å². The Balaban J connectivity index is 3.07. The molecule has 0 saturated heterocycles. The Labute approximate surface area is 82.1 Å². The topological polar surface area (TPSA) is 49.8 Å². The summed E-state index contributed by atoms with van der Waals surface area (Å²) in [5.41, 5.74) is 7.41. The van der Waals surface area contributed by atoms with Gasteiger partial charge in [-0.1, -0.05) is 6.07 Å². The highest BCUT2D eigenvalue weighted by atomic mass is 32.2. The Morgan fingerprint density at radius 3 is 2.92 bits per heavy atom. The summed E-state index contributed by atoms with van der Waals surface area (Å²) >= 11 is 1.62. The minimum absolute atomic E-state index is 0.749. The van der Waals surface area contributed by atoms with Crippen LogP contribution in [-0.4, -0.2) is 6.26 Å². The SMILES string of the molecule is CSc1cc(N)ccc1C=CC#N. The quantitative estimate of drug-likeness (QED) is 0.443. The fourth-order valence-corrected chi connectivity index (χ4v) is 1.62. The number of nitrogen functional groups attached to an aromatic ring is 1. The summed E-state index contributed by atoms with van der Waals surface area (Å²) in [7, 11) is 0. The molecule has 66 valence electrons. The van der Waals surface area contributed by atoms with Crippen molar-refractivity contribution < 1.29 is 0 Å². The fourth-order valence-electron chi connectivity index (χ4n) is 0.992. The first-order valence-electron chi connectivity index (χ1n) is 3.77. The summed E-state index contributed by atoms with van der Waals surface area (Å²) in [5, 5.41) is 8.38. The van der Waals surface area contributed by atoms with E-state index >= 15 is 0 Å². The van der Waals surface area contributed by atoms with E-state index in [1.54, 1.807) is 17.8 Å². The minimum Gasteiger partial charge on any atom is -0.399 e. The van der Waals surface area contributed by atoms with Crippen LogP contribution in [0, 0.1) is 11.3 Å². The van der Waals surface area contributed by atoms with E-state index in [1.807, 2.05) is 30.5 Å². The van der Waals surface area contributed by atoms with Crippen molar-refractivity contribution in [3.05, 3.63) is 29.8 Å². The molecule has 1 aromatic rings. The summed E-state index contributed by atoms with van der Waals surface area (Å²) < 4.78 is 0. The fraction of sp³-hybridized carbons (Fsp3) is 0.100. The number of nitrogens with two attached hydrogens (primary N) is 1. The third-order valence-corrected chi connectivity index (χ3v) is 2.39. The molecule has 0 unspecified atom stereocenters. The Morgan fingerprint density at radius 2 is 2.31 bits per heavy atom. The van der Waals surface area contributed by atoms with Crippen molar-refractivity contribution in [2.75, 3.05) is 12.0 Å².